The Morgan fingerprint density at radius 2 is 1.96 bits per heavy atom. The molecule has 0 aliphatic carbocycles. The maximum absolute atomic E-state index is 12.7. The van der Waals surface area contributed by atoms with Crippen LogP contribution in [0.2, 0.25) is 0 Å². The van der Waals surface area contributed by atoms with Crippen molar-refractivity contribution in [2.24, 2.45) is 0 Å². The minimum absolute atomic E-state index is 0.118. The average Bonchev–Trinajstić information content (AvgIpc) is 3.16. The molecule has 124 valence electrons. The Kier molecular flexibility index (Phi) is 3.39. The van der Waals surface area contributed by atoms with Gasteiger partial charge in [0.15, 0.2) is 17.1 Å². The van der Waals surface area contributed by atoms with Crippen molar-refractivity contribution in [3.8, 4) is 0 Å². The topological polar surface area (TPSA) is 85.1 Å². The van der Waals surface area contributed by atoms with Crippen LogP contribution in [0.1, 0.15) is 27.6 Å². The molecule has 0 fully saturated rings. The third-order valence-corrected chi connectivity index (χ3v) is 4.27. The van der Waals surface area contributed by atoms with E-state index in [1.54, 1.807) is 18.3 Å². The molecule has 1 N–H and O–H groups in total. The van der Waals surface area contributed by atoms with Crippen LogP contribution in [-0.4, -0.2) is 21.1 Å². The van der Waals surface area contributed by atoms with Crippen LogP contribution >= 0.6 is 0 Å². The lowest BCUT2D eigenvalue weighted by Gasteiger charge is -2.02. The number of hydrogen-bond acceptors (Lipinski definition) is 4. The van der Waals surface area contributed by atoms with E-state index in [2.05, 4.69) is 4.98 Å². The Morgan fingerprint density at radius 3 is 2.76 bits per heavy atom. The Hall–Kier alpha value is -3.41. The van der Waals surface area contributed by atoms with E-state index in [1.165, 1.54) is 17.6 Å². The van der Waals surface area contributed by atoms with E-state index in [-0.39, 0.29) is 18.1 Å². The van der Waals surface area contributed by atoms with Gasteiger partial charge >= 0.3 is 5.76 Å². The number of Topliss-reactive ketones (excluding diaryl/α,β-unsaturated/α-hetero) is 2. The summed E-state index contributed by atoms with van der Waals surface area (Å²) in [5, 5.41) is 0.812. The van der Waals surface area contributed by atoms with Crippen LogP contribution in [0.15, 0.2) is 57.9 Å². The second-order valence-corrected chi connectivity index (χ2v) is 5.86. The van der Waals surface area contributed by atoms with Gasteiger partial charge in [-0.05, 0) is 31.2 Å². The number of ketones is 2. The van der Waals surface area contributed by atoms with Gasteiger partial charge in [-0.1, -0.05) is 18.2 Å². The van der Waals surface area contributed by atoms with Gasteiger partial charge in [-0.3, -0.25) is 14.2 Å². The van der Waals surface area contributed by atoms with Gasteiger partial charge in [-0.2, -0.15) is 0 Å². The fraction of sp³-hybridized carbons (Fsp3) is 0.105. The molecule has 2 aromatic heterocycles. The molecule has 0 radical (unpaired) electrons. The lowest BCUT2D eigenvalue weighted by atomic mass is 10.1. The summed E-state index contributed by atoms with van der Waals surface area (Å²) in [5.74, 6) is -0.936. The maximum atomic E-state index is 12.7. The van der Waals surface area contributed by atoms with Crippen LogP contribution in [-0.2, 0) is 6.54 Å². The Labute approximate surface area is 141 Å². The number of oxazole rings is 1. The van der Waals surface area contributed by atoms with Crippen molar-refractivity contribution < 1.29 is 14.0 Å². The van der Waals surface area contributed by atoms with Gasteiger partial charge in [0.25, 0.3) is 0 Å². The van der Waals surface area contributed by atoms with E-state index in [1.807, 2.05) is 24.3 Å². The number of nitrogens with one attached hydrogen (secondary N) is 1. The monoisotopic (exact) mass is 334 g/mol. The summed E-state index contributed by atoms with van der Waals surface area (Å²) in [6, 6.07) is 12.2. The van der Waals surface area contributed by atoms with E-state index in [0.717, 1.165) is 10.9 Å². The number of nitrogens with zero attached hydrogens (tertiary/aromatic N) is 1. The summed E-state index contributed by atoms with van der Waals surface area (Å²) in [6.07, 6.45) is 1.65. The summed E-state index contributed by atoms with van der Waals surface area (Å²) < 4.78 is 6.47. The lowest BCUT2D eigenvalue weighted by molar-refractivity contribution is 0.0970. The highest BCUT2D eigenvalue weighted by Crippen LogP contribution is 2.20. The number of rotatable bonds is 4. The molecule has 0 saturated carbocycles. The molecule has 2 aromatic carbocycles. The van der Waals surface area contributed by atoms with Gasteiger partial charge in [-0.25, -0.2) is 4.79 Å². The molecular formula is C19H14N2O4. The molecule has 6 nitrogen and oxygen atoms in total. The molecule has 0 bridgehead atoms. The molecular weight excluding hydrogens is 320 g/mol. The Bertz CT molecular complexity index is 1190. The molecule has 6 heteroatoms. The number of aromatic nitrogens is 2. The van der Waals surface area contributed by atoms with Crippen LogP contribution in [0.3, 0.4) is 0 Å². The largest absolute Gasteiger partial charge is 0.420 e. The van der Waals surface area contributed by atoms with Crippen LogP contribution in [0.25, 0.3) is 22.0 Å². The van der Waals surface area contributed by atoms with E-state index >= 15 is 0 Å². The van der Waals surface area contributed by atoms with Crippen molar-refractivity contribution in [2.45, 2.75) is 13.5 Å². The van der Waals surface area contributed by atoms with Crippen molar-refractivity contribution in [3.05, 3.63) is 70.3 Å². The number of benzene rings is 2. The molecule has 0 amide bonds. The molecule has 25 heavy (non-hydrogen) atoms. The maximum Gasteiger partial charge on any atom is 0.420 e. The Morgan fingerprint density at radius 1 is 1.16 bits per heavy atom. The molecule has 0 unspecified atom stereocenters. The van der Waals surface area contributed by atoms with E-state index < -0.39 is 5.76 Å². The van der Waals surface area contributed by atoms with Crippen LogP contribution in [0, 0.1) is 0 Å². The number of para-hydroxylation sites is 1. The first kappa shape index (κ1) is 15.1. The first-order valence-corrected chi connectivity index (χ1v) is 7.78. The molecule has 0 aliphatic heterocycles. The number of aromatic amines is 1. The van der Waals surface area contributed by atoms with Crippen molar-refractivity contribution in [2.75, 3.05) is 0 Å². The second-order valence-electron chi connectivity index (χ2n) is 5.86. The molecule has 2 heterocycles. The van der Waals surface area contributed by atoms with E-state index in [4.69, 9.17) is 4.42 Å². The fourth-order valence-electron chi connectivity index (χ4n) is 2.97. The van der Waals surface area contributed by atoms with Gasteiger partial charge in [0, 0.05) is 28.2 Å². The summed E-state index contributed by atoms with van der Waals surface area (Å²) in [6.45, 7) is 1.31. The molecule has 0 atom stereocenters. The van der Waals surface area contributed by atoms with Crippen LogP contribution < -0.4 is 5.76 Å². The molecule has 0 aliphatic rings. The predicted molar refractivity (Wildman–Crippen MR) is 93.1 cm³/mol. The van der Waals surface area contributed by atoms with Gasteiger partial charge in [0.2, 0.25) is 0 Å². The molecule has 4 rings (SSSR count). The Balaban J connectivity index is 1.75. The smallest absolute Gasteiger partial charge is 0.408 e. The number of fused-ring (bicyclic) bond motifs is 2. The average molecular weight is 334 g/mol. The number of hydrogen-bond donors (Lipinski definition) is 1. The highest BCUT2D eigenvalue weighted by molar-refractivity contribution is 6.08. The molecule has 4 aromatic rings. The minimum Gasteiger partial charge on any atom is -0.408 e. The van der Waals surface area contributed by atoms with Crippen molar-refractivity contribution in [3.63, 3.8) is 0 Å². The minimum atomic E-state index is -0.621. The number of carbonyl (C=O) groups is 2. The van der Waals surface area contributed by atoms with Crippen molar-refractivity contribution >= 4 is 33.6 Å². The van der Waals surface area contributed by atoms with Gasteiger partial charge in [-0.15, -0.1) is 0 Å². The zero-order valence-electron chi connectivity index (χ0n) is 13.4. The van der Waals surface area contributed by atoms with Crippen molar-refractivity contribution in [1.82, 2.24) is 9.55 Å². The summed E-state index contributed by atoms with van der Waals surface area (Å²) in [7, 11) is 0. The quantitative estimate of drug-likeness (QED) is 0.581. The van der Waals surface area contributed by atoms with Crippen LogP contribution in [0.5, 0.6) is 0 Å². The van der Waals surface area contributed by atoms with E-state index in [9.17, 15) is 14.4 Å². The third kappa shape index (κ3) is 2.48. The highest BCUT2D eigenvalue weighted by atomic mass is 16.4. The van der Waals surface area contributed by atoms with Crippen LogP contribution in [0.4, 0.5) is 0 Å². The summed E-state index contributed by atoms with van der Waals surface area (Å²) >= 11 is 0. The summed E-state index contributed by atoms with van der Waals surface area (Å²) in [5.41, 5.74) is 2.63. The van der Waals surface area contributed by atoms with Gasteiger partial charge in [0.1, 0.15) is 0 Å². The van der Waals surface area contributed by atoms with E-state index in [0.29, 0.717) is 22.2 Å². The fourth-order valence-corrected chi connectivity index (χ4v) is 2.97. The first-order chi connectivity index (χ1) is 12.0. The van der Waals surface area contributed by atoms with Gasteiger partial charge in [0.05, 0.1) is 12.1 Å². The standard InChI is InChI=1S/C19H14N2O4/c1-11(22)12-6-7-16-18(8-12)25-19(24)21(16)10-17(23)14-9-20-15-5-3-2-4-13(14)15/h2-9,20H,10H2,1H3. The first-order valence-electron chi connectivity index (χ1n) is 7.78. The van der Waals surface area contributed by atoms with Gasteiger partial charge < -0.3 is 9.40 Å². The third-order valence-electron chi connectivity index (χ3n) is 4.27. The number of H-pyrrole nitrogens is 1. The zero-order chi connectivity index (χ0) is 17.6. The molecule has 0 saturated heterocycles. The zero-order valence-corrected chi connectivity index (χ0v) is 13.4. The highest BCUT2D eigenvalue weighted by Gasteiger charge is 2.17. The normalized spacial score (nSPS) is 11.2. The van der Waals surface area contributed by atoms with Crippen molar-refractivity contribution in [1.29, 1.82) is 0 Å². The second kappa shape index (κ2) is 5.59. The summed E-state index contributed by atoms with van der Waals surface area (Å²) in [4.78, 5) is 39.3. The predicted octanol–water partition coefficient (Wildman–Crippen LogP) is 3.16. The molecule has 0 spiro atoms. The number of carbonyl (C=O) groups excluding carboxylic acids is 2. The lowest BCUT2D eigenvalue weighted by Crippen LogP contribution is -2.20. The SMILES string of the molecule is CC(=O)c1ccc2c(c1)oc(=O)n2CC(=O)c1c[nH]c2ccccc12.